The molecule has 1 atom stereocenters. The van der Waals surface area contributed by atoms with Gasteiger partial charge in [0.25, 0.3) is 5.91 Å². The first-order valence-corrected chi connectivity index (χ1v) is 9.98. The van der Waals surface area contributed by atoms with Crippen molar-refractivity contribution < 1.29 is 9.53 Å². The number of ether oxygens (including phenoxy) is 1. The van der Waals surface area contributed by atoms with Crippen LogP contribution < -0.4 is 4.74 Å². The lowest BCUT2D eigenvalue weighted by Gasteiger charge is -2.24. The maximum atomic E-state index is 12.7. The second-order valence-electron chi connectivity index (χ2n) is 7.27. The fraction of sp³-hybridized carbons (Fsp3) is 0.348. The van der Waals surface area contributed by atoms with Crippen molar-refractivity contribution in [2.24, 2.45) is 0 Å². The van der Waals surface area contributed by atoms with Crippen LogP contribution in [0.3, 0.4) is 0 Å². The summed E-state index contributed by atoms with van der Waals surface area (Å²) in [5.74, 6) is 0.763. The molecule has 0 unspecified atom stereocenters. The predicted molar refractivity (Wildman–Crippen MR) is 110 cm³/mol. The number of fused-ring (bicyclic) bond motifs is 1. The third kappa shape index (κ3) is 4.14. The minimum atomic E-state index is -0.482. The molecule has 1 aliphatic rings. The van der Waals surface area contributed by atoms with E-state index in [0.29, 0.717) is 5.75 Å². The van der Waals surface area contributed by atoms with Gasteiger partial charge < -0.3 is 9.64 Å². The van der Waals surface area contributed by atoms with Crippen LogP contribution in [-0.4, -0.2) is 40.0 Å². The average molecular weight is 375 g/mol. The van der Waals surface area contributed by atoms with Gasteiger partial charge in [0.15, 0.2) is 6.10 Å². The van der Waals surface area contributed by atoms with Crippen LogP contribution in [0.2, 0.25) is 0 Å². The molecule has 4 rings (SSSR count). The Balaban J connectivity index is 1.44. The Morgan fingerprint density at radius 2 is 1.64 bits per heavy atom. The minimum Gasteiger partial charge on any atom is -0.481 e. The number of benzene rings is 2. The minimum absolute atomic E-state index is 0.0753. The molecule has 28 heavy (non-hydrogen) atoms. The van der Waals surface area contributed by atoms with Gasteiger partial charge in [-0.05, 0) is 56.2 Å². The number of carbonyl (C=O) groups excluding carboxylic acids is 1. The number of para-hydroxylation sites is 2. The molecule has 0 bridgehead atoms. The van der Waals surface area contributed by atoms with Gasteiger partial charge in [-0.25, -0.2) is 4.98 Å². The van der Waals surface area contributed by atoms with Gasteiger partial charge in [-0.3, -0.25) is 9.78 Å². The van der Waals surface area contributed by atoms with Crippen LogP contribution in [-0.2, 0) is 4.79 Å². The first kappa shape index (κ1) is 18.4. The molecule has 2 aromatic carbocycles. The number of carbonyl (C=O) groups is 1. The second-order valence-corrected chi connectivity index (χ2v) is 7.27. The Bertz CT molecular complexity index is 947. The smallest absolute Gasteiger partial charge is 0.263 e. The van der Waals surface area contributed by atoms with Crippen LogP contribution in [0, 0.1) is 0 Å². The van der Waals surface area contributed by atoms with E-state index >= 15 is 0 Å². The zero-order chi connectivity index (χ0) is 19.3. The topological polar surface area (TPSA) is 55.3 Å². The Morgan fingerprint density at radius 1 is 0.964 bits per heavy atom. The number of nitrogens with zero attached hydrogens (tertiary/aromatic N) is 3. The fourth-order valence-electron chi connectivity index (χ4n) is 3.60. The van der Waals surface area contributed by atoms with E-state index in [-0.39, 0.29) is 5.91 Å². The lowest BCUT2D eigenvalue weighted by atomic mass is 10.1. The molecule has 0 N–H and O–H groups in total. The first-order chi connectivity index (χ1) is 13.7. The summed E-state index contributed by atoms with van der Waals surface area (Å²) in [5, 5.41) is 0. The lowest BCUT2D eigenvalue weighted by molar-refractivity contribution is -0.137. The molecule has 2 heterocycles. The lowest BCUT2D eigenvalue weighted by Crippen LogP contribution is -2.40. The maximum absolute atomic E-state index is 12.7. The number of hydrogen-bond acceptors (Lipinski definition) is 4. The van der Waals surface area contributed by atoms with E-state index in [4.69, 9.17) is 4.74 Å². The van der Waals surface area contributed by atoms with E-state index in [2.05, 4.69) is 9.97 Å². The number of likely N-dealkylation sites (tertiary alicyclic amines) is 1. The van der Waals surface area contributed by atoms with Crippen molar-refractivity contribution in [3.63, 3.8) is 0 Å². The van der Waals surface area contributed by atoms with Crippen LogP contribution >= 0.6 is 0 Å². The third-order valence-corrected chi connectivity index (χ3v) is 5.18. The van der Waals surface area contributed by atoms with E-state index in [1.807, 2.05) is 60.4 Å². The van der Waals surface area contributed by atoms with Crippen molar-refractivity contribution in [2.75, 3.05) is 13.1 Å². The zero-order valence-electron chi connectivity index (χ0n) is 16.2. The summed E-state index contributed by atoms with van der Waals surface area (Å²) >= 11 is 0. The van der Waals surface area contributed by atoms with Gasteiger partial charge in [0.05, 0.1) is 22.9 Å². The van der Waals surface area contributed by atoms with Gasteiger partial charge in [0, 0.05) is 18.7 Å². The largest absolute Gasteiger partial charge is 0.481 e. The summed E-state index contributed by atoms with van der Waals surface area (Å²) in [6.45, 7) is 3.51. The molecule has 144 valence electrons. The molecule has 0 spiro atoms. The molecule has 5 nitrogen and oxygen atoms in total. The Morgan fingerprint density at radius 3 is 2.36 bits per heavy atom. The molecule has 0 saturated carbocycles. The van der Waals surface area contributed by atoms with Crippen molar-refractivity contribution >= 4 is 16.9 Å². The monoisotopic (exact) mass is 375 g/mol. The quantitative estimate of drug-likeness (QED) is 0.675. The number of hydrogen-bond donors (Lipinski definition) is 0. The maximum Gasteiger partial charge on any atom is 0.263 e. The zero-order valence-corrected chi connectivity index (χ0v) is 16.2. The molecule has 0 aliphatic carbocycles. The van der Waals surface area contributed by atoms with Crippen molar-refractivity contribution in [2.45, 2.75) is 38.7 Å². The van der Waals surface area contributed by atoms with Gasteiger partial charge in [-0.1, -0.05) is 25.0 Å². The first-order valence-electron chi connectivity index (χ1n) is 9.98. The van der Waals surface area contributed by atoms with Crippen LogP contribution in [0.5, 0.6) is 5.75 Å². The summed E-state index contributed by atoms with van der Waals surface area (Å²) in [5.41, 5.74) is 3.54. The number of rotatable bonds is 4. The fourth-order valence-corrected chi connectivity index (χ4v) is 3.60. The summed E-state index contributed by atoms with van der Waals surface area (Å²) in [6.07, 6.45) is 5.88. The van der Waals surface area contributed by atoms with E-state index in [0.717, 1.165) is 48.2 Å². The van der Waals surface area contributed by atoms with Crippen LogP contribution in [0.4, 0.5) is 0 Å². The summed E-state index contributed by atoms with van der Waals surface area (Å²) in [6, 6.07) is 15.5. The van der Waals surface area contributed by atoms with Crippen LogP contribution in [0.25, 0.3) is 22.3 Å². The van der Waals surface area contributed by atoms with Crippen molar-refractivity contribution in [1.82, 2.24) is 14.9 Å². The van der Waals surface area contributed by atoms with Gasteiger partial charge in [0.2, 0.25) is 0 Å². The van der Waals surface area contributed by atoms with Crippen molar-refractivity contribution in [3.8, 4) is 17.0 Å². The second kappa shape index (κ2) is 8.38. The van der Waals surface area contributed by atoms with Gasteiger partial charge in [-0.2, -0.15) is 0 Å². The summed E-state index contributed by atoms with van der Waals surface area (Å²) < 4.78 is 5.90. The predicted octanol–water partition coefficient (Wildman–Crippen LogP) is 4.47. The highest BCUT2D eigenvalue weighted by atomic mass is 16.5. The Labute approximate surface area is 165 Å². The molecule has 1 aromatic heterocycles. The van der Waals surface area contributed by atoms with E-state index in [9.17, 15) is 4.79 Å². The molecule has 1 saturated heterocycles. The van der Waals surface area contributed by atoms with Crippen molar-refractivity contribution in [3.05, 3.63) is 54.7 Å². The molecular weight excluding hydrogens is 350 g/mol. The summed E-state index contributed by atoms with van der Waals surface area (Å²) in [4.78, 5) is 23.7. The molecule has 3 aromatic rings. The average Bonchev–Trinajstić information content (AvgIpc) is 3.03. The Kier molecular flexibility index (Phi) is 5.51. The molecule has 1 aliphatic heterocycles. The Hall–Kier alpha value is -2.95. The van der Waals surface area contributed by atoms with Crippen molar-refractivity contribution in [1.29, 1.82) is 0 Å². The van der Waals surface area contributed by atoms with E-state index in [1.165, 1.54) is 12.8 Å². The molecule has 0 radical (unpaired) electrons. The summed E-state index contributed by atoms with van der Waals surface area (Å²) in [7, 11) is 0. The number of aromatic nitrogens is 2. The van der Waals surface area contributed by atoms with Gasteiger partial charge in [0.1, 0.15) is 5.75 Å². The molecular formula is C23H25N3O2. The molecule has 5 heteroatoms. The van der Waals surface area contributed by atoms with E-state index < -0.39 is 6.10 Å². The van der Waals surface area contributed by atoms with Crippen LogP contribution in [0.15, 0.2) is 54.7 Å². The van der Waals surface area contributed by atoms with Gasteiger partial charge in [-0.15, -0.1) is 0 Å². The van der Waals surface area contributed by atoms with Crippen LogP contribution in [0.1, 0.15) is 32.6 Å². The highest BCUT2D eigenvalue weighted by molar-refractivity contribution is 5.81. The highest BCUT2D eigenvalue weighted by Crippen LogP contribution is 2.23. The SMILES string of the molecule is C[C@H](Oc1ccc(-c2cnc3ccccc3n2)cc1)C(=O)N1CCCCCC1. The normalized spacial score (nSPS) is 15.8. The third-order valence-electron chi connectivity index (χ3n) is 5.18. The number of amides is 1. The van der Waals surface area contributed by atoms with Gasteiger partial charge >= 0.3 is 0 Å². The highest BCUT2D eigenvalue weighted by Gasteiger charge is 2.22. The standard InChI is InChI=1S/C23H25N3O2/c1-17(23(27)26-14-6-2-3-7-15-26)28-19-12-10-18(11-13-19)22-16-24-20-8-4-5-9-21(20)25-22/h4-5,8-13,16-17H,2-3,6-7,14-15H2,1H3/t17-/m0/s1. The molecule has 1 fully saturated rings. The van der Waals surface area contributed by atoms with E-state index in [1.54, 1.807) is 6.20 Å². The molecule has 1 amide bonds.